The highest BCUT2D eigenvalue weighted by molar-refractivity contribution is 5.70. The number of fused-ring (bicyclic) bond motifs is 1. The Morgan fingerprint density at radius 2 is 2.11 bits per heavy atom. The zero-order valence-electron chi connectivity index (χ0n) is 15.3. The molecule has 1 aromatic heterocycles. The molecule has 1 saturated carbocycles. The third-order valence-corrected chi connectivity index (χ3v) is 5.46. The minimum Gasteiger partial charge on any atom is -0.389 e. The van der Waals surface area contributed by atoms with Crippen LogP contribution in [-0.4, -0.2) is 40.2 Å². The van der Waals surface area contributed by atoms with Gasteiger partial charge in [0, 0.05) is 20.1 Å². The third-order valence-electron chi connectivity index (χ3n) is 5.46. The maximum Gasteiger partial charge on any atom is 0.416 e. The van der Waals surface area contributed by atoms with E-state index in [2.05, 4.69) is 10.3 Å². The smallest absolute Gasteiger partial charge is 0.389 e. The van der Waals surface area contributed by atoms with Gasteiger partial charge in [0.1, 0.15) is 0 Å². The monoisotopic (exact) mass is 394 g/mol. The van der Waals surface area contributed by atoms with Crippen LogP contribution in [0.2, 0.25) is 0 Å². The highest BCUT2D eigenvalue weighted by Crippen LogP contribution is 2.49. The van der Waals surface area contributed by atoms with Crippen molar-refractivity contribution < 1.29 is 22.7 Å². The zero-order chi connectivity index (χ0) is 19.9. The quantitative estimate of drug-likeness (QED) is 0.847. The molecule has 4 rings (SSSR count). The van der Waals surface area contributed by atoms with E-state index in [-0.39, 0.29) is 12.4 Å². The first-order valence-electron chi connectivity index (χ1n) is 9.13. The van der Waals surface area contributed by atoms with Crippen LogP contribution in [-0.2, 0) is 19.8 Å². The summed E-state index contributed by atoms with van der Waals surface area (Å²) in [6, 6.07) is 5.05. The number of benzene rings is 1. The molecular weight excluding hydrogens is 373 g/mol. The molecule has 2 heterocycles. The number of amides is 1. The van der Waals surface area contributed by atoms with Gasteiger partial charge < -0.3 is 19.5 Å². The molecule has 28 heavy (non-hydrogen) atoms. The lowest BCUT2D eigenvalue weighted by Crippen LogP contribution is -2.36. The number of ether oxygens (including phenoxy) is 1. The number of hydrogen-bond acceptors (Lipinski definition) is 4. The summed E-state index contributed by atoms with van der Waals surface area (Å²) < 4.78 is 46.0. The van der Waals surface area contributed by atoms with Crippen LogP contribution in [0, 0.1) is 17.8 Å². The number of rotatable bonds is 5. The topological polar surface area (TPSA) is 59.4 Å². The fraction of sp³-hybridized carbons (Fsp3) is 0.474. The molecule has 1 aliphatic heterocycles. The number of halogens is 3. The summed E-state index contributed by atoms with van der Waals surface area (Å²) >= 11 is 0. The molecule has 9 heteroatoms. The predicted octanol–water partition coefficient (Wildman–Crippen LogP) is 2.91. The van der Waals surface area contributed by atoms with Crippen molar-refractivity contribution in [2.75, 3.05) is 19.6 Å². The van der Waals surface area contributed by atoms with Gasteiger partial charge in [0.25, 0.3) is 0 Å². The minimum atomic E-state index is -4.42. The van der Waals surface area contributed by atoms with Gasteiger partial charge in [0.2, 0.25) is 5.88 Å². The lowest BCUT2D eigenvalue weighted by atomic mass is 10.1. The van der Waals surface area contributed by atoms with Gasteiger partial charge in [-0.3, -0.25) is 0 Å². The van der Waals surface area contributed by atoms with Crippen molar-refractivity contribution >= 4 is 6.09 Å². The Morgan fingerprint density at radius 3 is 2.75 bits per heavy atom. The number of carbonyl (C=O) groups is 1. The second-order valence-electron chi connectivity index (χ2n) is 7.47. The number of carbonyl (C=O) groups excluding carboxylic acids is 1. The first kappa shape index (κ1) is 18.8. The minimum absolute atomic E-state index is 0.0545. The molecule has 1 N–H and O–H groups in total. The van der Waals surface area contributed by atoms with Gasteiger partial charge in [0.15, 0.2) is 0 Å². The largest absolute Gasteiger partial charge is 0.416 e. The maximum atomic E-state index is 13.0. The molecule has 0 bridgehead atoms. The molecule has 2 aliphatic rings. The summed E-state index contributed by atoms with van der Waals surface area (Å²) in [5.41, 5.74) is -0.313. The molecule has 1 aromatic carbocycles. The predicted molar refractivity (Wildman–Crippen MR) is 94.4 cm³/mol. The Hall–Kier alpha value is -2.55. The molecule has 2 aromatic rings. The molecule has 0 spiro atoms. The summed E-state index contributed by atoms with van der Waals surface area (Å²) in [4.78, 5) is 18.2. The van der Waals surface area contributed by atoms with Crippen molar-refractivity contribution in [3.63, 3.8) is 0 Å². The van der Waals surface area contributed by atoms with Crippen LogP contribution < -0.4 is 10.1 Å². The summed E-state index contributed by atoms with van der Waals surface area (Å²) in [6.45, 7) is 2.35. The van der Waals surface area contributed by atoms with E-state index in [1.807, 2.05) is 0 Å². The van der Waals surface area contributed by atoms with E-state index in [1.165, 1.54) is 17.3 Å². The van der Waals surface area contributed by atoms with Gasteiger partial charge in [-0.25, -0.2) is 9.78 Å². The molecular formula is C19H21F3N4O2. The van der Waals surface area contributed by atoms with Gasteiger partial charge >= 0.3 is 12.3 Å². The van der Waals surface area contributed by atoms with Crippen molar-refractivity contribution in [3.05, 3.63) is 47.9 Å². The number of nitrogens with zero attached hydrogens (tertiary/aromatic N) is 3. The van der Waals surface area contributed by atoms with E-state index in [9.17, 15) is 18.0 Å². The standard InChI is InChI=1S/C19H21F3N4O2/c1-25-10-17(24-11-25)28-18(27)26(9-16-14-6-23-7-15(14)16)8-12-3-2-4-13(5-12)19(20,21)22/h2-5,10-11,14-16,23H,6-9H2,1H3. The van der Waals surface area contributed by atoms with Crippen LogP contribution in [0.4, 0.5) is 18.0 Å². The SMILES string of the molecule is Cn1cnc(OC(=O)N(Cc2cccc(C(F)(F)F)c2)CC2C3CNCC32)c1. The fourth-order valence-corrected chi connectivity index (χ4v) is 3.94. The van der Waals surface area contributed by atoms with Gasteiger partial charge in [-0.15, -0.1) is 0 Å². The summed E-state index contributed by atoms with van der Waals surface area (Å²) in [5.74, 6) is 1.56. The average molecular weight is 394 g/mol. The maximum absolute atomic E-state index is 13.0. The van der Waals surface area contributed by atoms with E-state index >= 15 is 0 Å². The number of hydrogen-bond donors (Lipinski definition) is 1. The van der Waals surface area contributed by atoms with Gasteiger partial charge in [-0.2, -0.15) is 13.2 Å². The van der Waals surface area contributed by atoms with Crippen molar-refractivity contribution in [1.82, 2.24) is 19.8 Å². The second kappa shape index (κ2) is 7.12. The first-order valence-corrected chi connectivity index (χ1v) is 9.13. The molecule has 6 nitrogen and oxygen atoms in total. The Morgan fingerprint density at radius 1 is 1.36 bits per heavy atom. The molecule has 2 unspecified atom stereocenters. The molecule has 2 fully saturated rings. The van der Waals surface area contributed by atoms with Crippen LogP contribution in [0.25, 0.3) is 0 Å². The zero-order valence-corrected chi connectivity index (χ0v) is 15.3. The molecule has 1 amide bonds. The highest BCUT2D eigenvalue weighted by Gasteiger charge is 2.53. The fourth-order valence-electron chi connectivity index (χ4n) is 3.94. The van der Waals surface area contributed by atoms with Crippen LogP contribution >= 0.6 is 0 Å². The highest BCUT2D eigenvalue weighted by atomic mass is 19.4. The normalized spacial score (nSPS) is 23.4. The Kier molecular flexibility index (Phi) is 4.78. The van der Waals surface area contributed by atoms with Crippen molar-refractivity contribution in [2.24, 2.45) is 24.8 Å². The number of aromatic nitrogens is 2. The molecule has 2 atom stereocenters. The number of imidazole rings is 1. The molecule has 150 valence electrons. The molecule has 1 aliphatic carbocycles. The van der Waals surface area contributed by atoms with Crippen LogP contribution in [0.1, 0.15) is 11.1 Å². The number of alkyl halides is 3. The second-order valence-corrected chi connectivity index (χ2v) is 7.47. The summed E-state index contributed by atoms with van der Waals surface area (Å²) in [6.07, 6.45) is -1.95. The van der Waals surface area contributed by atoms with Gasteiger partial charge in [0.05, 0.1) is 18.1 Å². The van der Waals surface area contributed by atoms with Crippen molar-refractivity contribution in [1.29, 1.82) is 0 Å². The van der Waals surface area contributed by atoms with E-state index in [0.29, 0.717) is 29.9 Å². The average Bonchev–Trinajstić information content (AvgIpc) is 3.00. The Balaban J connectivity index is 1.50. The van der Waals surface area contributed by atoms with Crippen LogP contribution in [0.5, 0.6) is 5.88 Å². The summed E-state index contributed by atoms with van der Waals surface area (Å²) in [7, 11) is 1.75. The van der Waals surface area contributed by atoms with Crippen LogP contribution in [0.3, 0.4) is 0 Å². The van der Waals surface area contributed by atoms with Crippen LogP contribution in [0.15, 0.2) is 36.8 Å². The van der Waals surface area contributed by atoms with E-state index in [4.69, 9.17) is 4.74 Å². The van der Waals surface area contributed by atoms with E-state index in [0.717, 1.165) is 25.2 Å². The number of piperidine rings is 1. The van der Waals surface area contributed by atoms with Crippen molar-refractivity contribution in [3.8, 4) is 5.88 Å². The lowest BCUT2D eigenvalue weighted by molar-refractivity contribution is -0.137. The third kappa shape index (κ3) is 3.99. The first-order chi connectivity index (χ1) is 13.3. The Labute approximate surface area is 160 Å². The number of aryl methyl sites for hydroxylation is 1. The number of nitrogens with one attached hydrogen (secondary N) is 1. The van der Waals surface area contributed by atoms with E-state index in [1.54, 1.807) is 23.9 Å². The lowest BCUT2D eigenvalue weighted by Gasteiger charge is -2.23. The Bertz CT molecular complexity index is 857. The molecule has 0 radical (unpaired) electrons. The molecule has 1 saturated heterocycles. The van der Waals surface area contributed by atoms with E-state index < -0.39 is 17.8 Å². The van der Waals surface area contributed by atoms with Gasteiger partial charge in [-0.05, 0) is 48.5 Å². The summed E-state index contributed by atoms with van der Waals surface area (Å²) in [5, 5.41) is 3.30. The van der Waals surface area contributed by atoms with Crippen molar-refractivity contribution in [2.45, 2.75) is 12.7 Å². The van der Waals surface area contributed by atoms with Gasteiger partial charge in [-0.1, -0.05) is 12.1 Å².